The minimum absolute atomic E-state index is 0.353. The normalized spacial score (nSPS) is 38.1. The Balaban J connectivity index is 2.88. The predicted molar refractivity (Wildman–Crippen MR) is 46.7 cm³/mol. The molecule has 1 rings (SSSR count). The summed E-state index contributed by atoms with van der Waals surface area (Å²) in [6.07, 6.45) is 1.66. The Bertz CT molecular complexity index is 258. The molecule has 0 amide bonds. The van der Waals surface area contributed by atoms with E-state index in [2.05, 4.69) is 5.32 Å². The van der Waals surface area contributed by atoms with Gasteiger partial charge in [0, 0.05) is 12.8 Å². The summed E-state index contributed by atoms with van der Waals surface area (Å²) < 4.78 is 22.4. The van der Waals surface area contributed by atoms with Gasteiger partial charge in [0.25, 0.3) is 0 Å². The second kappa shape index (κ2) is 2.97. The maximum atomic E-state index is 11.2. The number of sulfone groups is 1. The van der Waals surface area contributed by atoms with E-state index in [9.17, 15) is 13.5 Å². The Morgan fingerprint density at radius 3 is 2.50 bits per heavy atom. The van der Waals surface area contributed by atoms with Crippen molar-refractivity contribution < 1.29 is 13.5 Å². The summed E-state index contributed by atoms with van der Waals surface area (Å²) in [5, 5.41) is 12.0. The van der Waals surface area contributed by atoms with Gasteiger partial charge in [-0.1, -0.05) is 0 Å². The summed E-state index contributed by atoms with van der Waals surface area (Å²) in [4.78, 5) is 0. The van der Waals surface area contributed by atoms with Crippen LogP contribution in [0.3, 0.4) is 0 Å². The topological polar surface area (TPSA) is 66.4 Å². The number of nitrogens with one attached hydrogen (secondary N) is 1. The van der Waals surface area contributed by atoms with E-state index in [4.69, 9.17) is 0 Å². The Kier molecular flexibility index (Phi) is 2.47. The Morgan fingerprint density at radius 1 is 1.58 bits per heavy atom. The SMILES string of the molecule is CC1(O)CCNCC1S(C)(=O)=O. The van der Waals surface area contributed by atoms with Crippen molar-refractivity contribution in [2.75, 3.05) is 19.3 Å². The summed E-state index contributed by atoms with van der Waals surface area (Å²) in [6.45, 7) is 2.62. The van der Waals surface area contributed by atoms with E-state index >= 15 is 0 Å². The highest BCUT2D eigenvalue weighted by molar-refractivity contribution is 7.91. The van der Waals surface area contributed by atoms with Gasteiger partial charge in [0.05, 0.1) is 5.60 Å². The molecule has 2 unspecified atom stereocenters. The highest BCUT2D eigenvalue weighted by atomic mass is 32.2. The smallest absolute Gasteiger partial charge is 0.154 e. The van der Waals surface area contributed by atoms with Crippen LogP contribution in [0.5, 0.6) is 0 Å². The molecular weight excluding hydrogens is 178 g/mol. The quantitative estimate of drug-likeness (QED) is 0.569. The van der Waals surface area contributed by atoms with Gasteiger partial charge in [-0.3, -0.25) is 0 Å². The number of aliphatic hydroxyl groups is 1. The van der Waals surface area contributed by atoms with Crippen molar-refractivity contribution in [3.8, 4) is 0 Å². The number of piperidine rings is 1. The molecule has 1 fully saturated rings. The van der Waals surface area contributed by atoms with Gasteiger partial charge in [-0.25, -0.2) is 8.42 Å². The third-order valence-electron chi connectivity index (χ3n) is 2.35. The van der Waals surface area contributed by atoms with Gasteiger partial charge in [0.1, 0.15) is 5.25 Å². The van der Waals surface area contributed by atoms with E-state index in [-0.39, 0.29) is 0 Å². The van der Waals surface area contributed by atoms with E-state index in [0.717, 1.165) is 0 Å². The van der Waals surface area contributed by atoms with Crippen LogP contribution in [0.15, 0.2) is 0 Å². The van der Waals surface area contributed by atoms with Crippen LogP contribution in [0.25, 0.3) is 0 Å². The van der Waals surface area contributed by atoms with Crippen molar-refractivity contribution in [2.24, 2.45) is 0 Å². The zero-order valence-corrected chi connectivity index (χ0v) is 8.19. The molecule has 0 spiro atoms. The lowest BCUT2D eigenvalue weighted by molar-refractivity contribution is 0.0330. The second-order valence-electron chi connectivity index (χ2n) is 3.63. The van der Waals surface area contributed by atoms with Crippen molar-refractivity contribution in [3.63, 3.8) is 0 Å². The van der Waals surface area contributed by atoms with Crippen molar-refractivity contribution in [1.29, 1.82) is 0 Å². The van der Waals surface area contributed by atoms with Gasteiger partial charge in [0.15, 0.2) is 9.84 Å². The van der Waals surface area contributed by atoms with Gasteiger partial charge >= 0.3 is 0 Å². The third-order valence-corrected chi connectivity index (χ3v) is 4.06. The van der Waals surface area contributed by atoms with E-state index in [1.54, 1.807) is 6.92 Å². The molecule has 1 heterocycles. The predicted octanol–water partition coefficient (Wildman–Crippen LogP) is -0.856. The van der Waals surface area contributed by atoms with E-state index in [1.165, 1.54) is 6.26 Å². The van der Waals surface area contributed by atoms with Gasteiger partial charge in [-0.05, 0) is 19.9 Å². The van der Waals surface area contributed by atoms with E-state index in [0.29, 0.717) is 19.5 Å². The highest BCUT2D eigenvalue weighted by Gasteiger charge is 2.40. The van der Waals surface area contributed by atoms with Crippen LogP contribution in [0.2, 0.25) is 0 Å². The minimum atomic E-state index is -3.15. The van der Waals surface area contributed by atoms with E-state index in [1.807, 2.05) is 0 Å². The van der Waals surface area contributed by atoms with Crippen LogP contribution in [0.4, 0.5) is 0 Å². The maximum absolute atomic E-state index is 11.2. The summed E-state index contributed by atoms with van der Waals surface area (Å²) >= 11 is 0. The Morgan fingerprint density at radius 2 is 2.17 bits per heavy atom. The molecule has 0 aromatic carbocycles. The monoisotopic (exact) mass is 193 g/mol. The van der Waals surface area contributed by atoms with Crippen LogP contribution < -0.4 is 5.32 Å². The minimum Gasteiger partial charge on any atom is -0.389 e. The van der Waals surface area contributed by atoms with Crippen molar-refractivity contribution in [2.45, 2.75) is 24.2 Å². The third kappa shape index (κ3) is 1.97. The van der Waals surface area contributed by atoms with Crippen molar-refractivity contribution >= 4 is 9.84 Å². The van der Waals surface area contributed by atoms with Crippen LogP contribution >= 0.6 is 0 Å². The Hall–Kier alpha value is -0.130. The highest BCUT2D eigenvalue weighted by Crippen LogP contribution is 2.22. The molecule has 5 heteroatoms. The zero-order valence-electron chi connectivity index (χ0n) is 7.37. The lowest BCUT2D eigenvalue weighted by atomic mass is 9.94. The van der Waals surface area contributed by atoms with Gasteiger partial charge in [-0.15, -0.1) is 0 Å². The molecule has 72 valence electrons. The van der Waals surface area contributed by atoms with Crippen molar-refractivity contribution in [1.82, 2.24) is 5.32 Å². The van der Waals surface area contributed by atoms with Gasteiger partial charge < -0.3 is 10.4 Å². The van der Waals surface area contributed by atoms with Gasteiger partial charge in [0.2, 0.25) is 0 Å². The standard InChI is InChI=1S/C7H15NO3S/c1-7(9)3-4-8-5-6(7)12(2,10)11/h6,8-9H,3-5H2,1-2H3. The Labute approximate surface area is 72.9 Å². The van der Waals surface area contributed by atoms with Gasteiger partial charge in [-0.2, -0.15) is 0 Å². The summed E-state index contributed by atoms with van der Waals surface area (Å²) in [5.74, 6) is 0. The summed E-state index contributed by atoms with van der Waals surface area (Å²) in [6, 6.07) is 0. The number of hydrogen-bond donors (Lipinski definition) is 2. The number of hydrogen-bond acceptors (Lipinski definition) is 4. The van der Waals surface area contributed by atoms with Crippen LogP contribution in [0, 0.1) is 0 Å². The molecule has 1 aliphatic heterocycles. The lowest BCUT2D eigenvalue weighted by Crippen LogP contribution is -2.55. The zero-order chi connectivity index (χ0) is 9.41. The summed E-state index contributed by atoms with van der Waals surface area (Å²) in [5.41, 5.74) is -1.07. The van der Waals surface area contributed by atoms with Crippen molar-refractivity contribution in [3.05, 3.63) is 0 Å². The lowest BCUT2D eigenvalue weighted by Gasteiger charge is -2.36. The first-order chi connectivity index (χ1) is 5.34. The molecule has 0 aliphatic carbocycles. The molecule has 1 aliphatic rings. The fourth-order valence-electron chi connectivity index (χ4n) is 1.57. The first-order valence-corrected chi connectivity index (χ1v) is 5.91. The molecule has 2 atom stereocenters. The molecule has 0 aromatic rings. The molecular formula is C7H15NO3S. The average molecular weight is 193 g/mol. The fourth-order valence-corrected chi connectivity index (χ4v) is 3.03. The van der Waals surface area contributed by atoms with E-state index < -0.39 is 20.7 Å². The molecule has 0 radical (unpaired) electrons. The van der Waals surface area contributed by atoms with Crippen LogP contribution in [0.1, 0.15) is 13.3 Å². The molecule has 0 bridgehead atoms. The molecule has 0 saturated carbocycles. The largest absolute Gasteiger partial charge is 0.389 e. The molecule has 2 N–H and O–H groups in total. The average Bonchev–Trinajstić information content (AvgIpc) is 1.83. The molecule has 1 saturated heterocycles. The molecule has 12 heavy (non-hydrogen) atoms. The van der Waals surface area contributed by atoms with Crippen LogP contribution in [-0.2, 0) is 9.84 Å². The second-order valence-corrected chi connectivity index (χ2v) is 5.86. The first kappa shape index (κ1) is 9.95. The molecule has 4 nitrogen and oxygen atoms in total. The summed E-state index contributed by atoms with van der Waals surface area (Å²) in [7, 11) is -3.15. The number of rotatable bonds is 1. The first-order valence-electron chi connectivity index (χ1n) is 3.96. The fraction of sp³-hybridized carbons (Fsp3) is 1.00. The van der Waals surface area contributed by atoms with Crippen LogP contribution in [-0.4, -0.2) is 43.7 Å². The maximum Gasteiger partial charge on any atom is 0.154 e. The molecule has 0 aromatic heterocycles.